The summed E-state index contributed by atoms with van der Waals surface area (Å²) in [5.41, 5.74) is 3.99. The maximum atomic E-state index is 6.18. The third-order valence-electron chi connectivity index (χ3n) is 4.17. The lowest BCUT2D eigenvalue weighted by atomic mass is 9.93. The van der Waals surface area contributed by atoms with Crippen molar-refractivity contribution in [1.29, 1.82) is 0 Å². The van der Waals surface area contributed by atoms with Crippen molar-refractivity contribution in [1.82, 2.24) is 0 Å². The molecule has 2 atom stereocenters. The third-order valence-corrected chi connectivity index (χ3v) is 4.61. The normalized spacial score (nSPS) is 18.1. The number of aryl methyl sites for hydroxylation is 1. The summed E-state index contributed by atoms with van der Waals surface area (Å²) in [6.45, 7) is 2.12. The summed E-state index contributed by atoms with van der Waals surface area (Å²) in [5, 5.41) is 0. The van der Waals surface area contributed by atoms with Crippen LogP contribution in [0.3, 0.4) is 0 Å². The van der Waals surface area contributed by atoms with Crippen LogP contribution in [0, 0.1) is 12.8 Å². The number of benzene rings is 2. The van der Waals surface area contributed by atoms with E-state index in [-0.39, 0.29) is 6.10 Å². The van der Waals surface area contributed by atoms with Crippen LogP contribution in [-0.4, -0.2) is 12.0 Å². The van der Waals surface area contributed by atoms with Gasteiger partial charge < -0.3 is 4.74 Å². The van der Waals surface area contributed by atoms with Crippen molar-refractivity contribution in [2.75, 3.05) is 5.88 Å². The van der Waals surface area contributed by atoms with Crippen LogP contribution in [0.1, 0.15) is 23.1 Å². The van der Waals surface area contributed by atoms with E-state index in [1.54, 1.807) is 0 Å². The summed E-state index contributed by atoms with van der Waals surface area (Å²) < 4.78 is 6.04. The number of ether oxygens (including phenoxy) is 1. The molecule has 0 saturated carbocycles. The maximum absolute atomic E-state index is 6.18. The smallest absolute Gasteiger partial charge is 0.123 e. The van der Waals surface area contributed by atoms with Gasteiger partial charge in [0.25, 0.3) is 0 Å². The second kappa shape index (κ2) is 6.53. The van der Waals surface area contributed by atoms with Gasteiger partial charge in [0.1, 0.15) is 11.9 Å². The molecule has 2 aromatic carbocycles. The topological polar surface area (TPSA) is 9.23 Å². The Balaban J connectivity index is 1.60. The molecule has 0 fully saturated rings. The Morgan fingerprint density at radius 2 is 1.90 bits per heavy atom. The van der Waals surface area contributed by atoms with Gasteiger partial charge in [-0.05, 0) is 42.9 Å². The van der Waals surface area contributed by atoms with Crippen LogP contribution in [0.4, 0.5) is 0 Å². The second-order valence-electron chi connectivity index (χ2n) is 6.00. The molecule has 0 aromatic heterocycles. The molecule has 0 aliphatic carbocycles. The first-order chi connectivity index (χ1) is 10.2. The zero-order valence-corrected chi connectivity index (χ0v) is 13.1. The molecule has 0 bridgehead atoms. The van der Waals surface area contributed by atoms with E-state index in [1.165, 1.54) is 16.7 Å². The van der Waals surface area contributed by atoms with E-state index < -0.39 is 0 Å². The Labute approximate surface area is 131 Å². The zero-order chi connectivity index (χ0) is 14.7. The Hall–Kier alpha value is -1.47. The Morgan fingerprint density at radius 1 is 1.14 bits per heavy atom. The molecule has 3 rings (SSSR count). The Kier molecular flexibility index (Phi) is 4.50. The van der Waals surface area contributed by atoms with Gasteiger partial charge in [-0.1, -0.05) is 48.0 Å². The van der Waals surface area contributed by atoms with Crippen LogP contribution < -0.4 is 4.74 Å². The third kappa shape index (κ3) is 3.59. The number of rotatable bonds is 5. The van der Waals surface area contributed by atoms with Crippen molar-refractivity contribution in [2.24, 2.45) is 5.92 Å². The minimum Gasteiger partial charge on any atom is -0.490 e. The van der Waals surface area contributed by atoms with Crippen molar-refractivity contribution in [3.05, 3.63) is 65.2 Å². The van der Waals surface area contributed by atoms with Crippen molar-refractivity contribution in [3.8, 4) is 5.75 Å². The molecule has 110 valence electrons. The van der Waals surface area contributed by atoms with E-state index in [0.29, 0.717) is 11.8 Å². The van der Waals surface area contributed by atoms with Gasteiger partial charge in [0.05, 0.1) is 0 Å². The van der Waals surface area contributed by atoms with Crippen molar-refractivity contribution in [3.63, 3.8) is 0 Å². The average Bonchev–Trinajstić information content (AvgIpc) is 2.91. The highest BCUT2D eigenvalue weighted by Gasteiger charge is 2.25. The highest BCUT2D eigenvalue weighted by molar-refractivity contribution is 6.18. The number of para-hydroxylation sites is 1. The summed E-state index contributed by atoms with van der Waals surface area (Å²) in [5.74, 6) is 2.20. The largest absolute Gasteiger partial charge is 0.490 e. The van der Waals surface area contributed by atoms with Crippen LogP contribution in [0.25, 0.3) is 0 Å². The van der Waals surface area contributed by atoms with Gasteiger partial charge in [-0.15, -0.1) is 11.6 Å². The predicted molar refractivity (Wildman–Crippen MR) is 88.3 cm³/mol. The van der Waals surface area contributed by atoms with Gasteiger partial charge in [0.15, 0.2) is 0 Å². The first-order valence-corrected chi connectivity index (χ1v) is 8.14. The van der Waals surface area contributed by atoms with E-state index in [0.717, 1.165) is 25.0 Å². The van der Waals surface area contributed by atoms with Gasteiger partial charge in [-0.25, -0.2) is 0 Å². The molecule has 0 amide bonds. The molecule has 1 aliphatic rings. The van der Waals surface area contributed by atoms with Crippen LogP contribution in [0.5, 0.6) is 5.75 Å². The summed E-state index contributed by atoms with van der Waals surface area (Å²) in [4.78, 5) is 0. The monoisotopic (exact) mass is 300 g/mol. The molecular formula is C19H21ClO. The van der Waals surface area contributed by atoms with Crippen LogP contribution in [0.15, 0.2) is 48.5 Å². The minimum absolute atomic E-state index is 0.275. The van der Waals surface area contributed by atoms with E-state index in [9.17, 15) is 0 Å². The predicted octanol–water partition coefficient (Wildman–Crippen LogP) is 4.79. The summed E-state index contributed by atoms with van der Waals surface area (Å²) in [7, 11) is 0. The van der Waals surface area contributed by atoms with Crippen molar-refractivity contribution < 1.29 is 4.74 Å². The van der Waals surface area contributed by atoms with Gasteiger partial charge in [0.2, 0.25) is 0 Å². The summed E-state index contributed by atoms with van der Waals surface area (Å²) in [6, 6.07) is 17.1. The van der Waals surface area contributed by atoms with Crippen LogP contribution >= 0.6 is 11.6 Å². The molecule has 0 N–H and O–H groups in total. The van der Waals surface area contributed by atoms with Crippen LogP contribution in [0.2, 0.25) is 0 Å². The van der Waals surface area contributed by atoms with E-state index in [1.807, 2.05) is 6.07 Å². The number of alkyl halides is 1. The van der Waals surface area contributed by atoms with Gasteiger partial charge in [0, 0.05) is 12.3 Å². The van der Waals surface area contributed by atoms with Crippen LogP contribution in [-0.2, 0) is 12.8 Å². The molecule has 1 nitrogen and oxygen atoms in total. The Bertz CT molecular complexity index is 566. The fourth-order valence-electron chi connectivity index (χ4n) is 3.02. The number of fused-ring (bicyclic) bond motifs is 1. The lowest BCUT2D eigenvalue weighted by Gasteiger charge is -2.18. The molecule has 1 heterocycles. The quantitative estimate of drug-likeness (QED) is 0.722. The van der Waals surface area contributed by atoms with Gasteiger partial charge in [-0.2, -0.15) is 0 Å². The fraction of sp³-hybridized carbons (Fsp3) is 0.368. The zero-order valence-electron chi connectivity index (χ0n) is 12.4. The van der Waals surface area contributed by atoms with Gasteiger partial charge >= 0.3 is 0 Å². The second-order valence-corrected chi connectivity index (χ2v) is 6.31. The van der Waals surface area contributed by atoms with Gasteiger partial charge in [-0.3, -0.25) is 0 Å². The Morgan fingerprint density at radius 3 is 2.62 bits per heavy atom. The summed E-state index contributed by atoms with van der Waals surface area (Å²) >= 11 is 6.18. The lowest BCUT2D eigenvalue weighted by Crippen LogP contribution is -2.20. The van der Waals surface area contributed by atoms with E-state index in [4.69, 9.17) is 16.3 Å². The van der Waals surface area contributed by atoms with Crippen molar-refractivity contribution in [2.45, 2.75) is 32.3 Å². The molecule has 0 saturated heterocycles. The summed E-state index contributed by atoms with van der Waals surface area (Å²) in [6.07, 6.45) is 3.33. The standard InChI is InChI=1S/C19H21ClO/c1-14-6-8-15(9-7-14)10-16(13-20)11-18-12-17-4-2-3-5-19(17)21-18/h2-9,16,18H,10-13H2,1H3. The number of hydrogen-bond donors (Lipinski definition) is 0. The molecule has 2 unspecified atom stereocenters. The highest BCUT2D eigenvalue weighted by atomic mass is 35.5. The molecule has 2 heteroatoms. The highest BCUT2D eigenvalue weighted by Crippen LogP contribution is 2.31. The molecule has 0 radical (unpaired) electrons. The maximum Gasteiger partial charge on any atom is 0.123 e. The minimum atomic E-state index is 0.275. The lowest BCUT2D eigenvalue weighted by molar-refractivity contribution is 0.198. The number of halogens is 1. The number of hydrogen-bond acceptors (Lipinski definition) is 1. The first-order valence-electron chi connectivity index (χ1n) is 7.60. The van der Waals surface area contributed by atoms with E-state index >= 15 is 0 Å². The molecule has 0 spiro atoms. The molecule has 1 aliphatic heterocycles. The molecule has 21 heavy (non-hydrogen) atoms. The van der Waals surface area contributed by atoms with E-state index in [2.05, 4.69) is 49.4 Å². The first kappa shape index (κ1) is 14.5. The molecular weight excluding hydrogens is 280 g/mol. The fourth-order valence-corrected chi connectivity index (χ4v) is 3.25. The average molecular weight is 301 g/mol. The molecule has 2 aromatic rings. The van der Waals surface area contributed by atoms with Crippen molar-refractivity contribution >= 4 is 11.6 Å². The SMILES string of the molecule is Cc1ccc(CC(CCl)CC2Cc3ccccc3O2)cc1.